The lowest BCUT2D eigenvalue weighted by Gasteiger charge is -2.09. The maximum absolute atomic E-state index is 13.4. The van der Waals surface area contributed by atoms with Gasteiger partial charge in [-0.05, 0) is 54.4 Å². The zero-order valence-electron chi connectivity index (χ0n) is 10.5. The topological polar surface area (TPSA) is 58.0 Å². The van der Waals surface area contributed by atoms with Crippen LogP contribution in [0.3, 0.4) is 0 Å². The van der Waals surface area contributed by atoms with Crippen molar-refractivity contribution in [2.75, 3.05) is 0 Å². The van der Waals surface area contributed by atoms with E-state index in [-0.39, 0.29) is 10.7 Å². The summed E-state index contributed by atoms with van der Waals surface area (Å²) in [6, 6.07) is 10.7. The van der Waals surface area contributed by atoms with E-state index in [1.165, 1.54) is 24.3 Å². The molecule has 0 aliphatic rings. The van der Waals surface area contributed by atoms with E-state index in [1.54, 1.807) is 22.8 Å². The number of halogens is 1. The van der Waals surface area contributed by atoms with E-state index in [0.717, 1.165) is 5.69 Å². The number of imidazole rings is 1. The van der Waals surface area contributed by atoms with Gasteiger partial charge < -0.3 is 4.55 Å². The number of rotatable bonds is 2. The molecule has 6 heteroatoms. The van der Waals surface area contributed by atoms with Gasteiger partial charge >= 0.3 is 0 Å². The molecule has 1 atom stereocenters. The second-order valence-electron chi connectivity index (χ2n) is 4.36. The van der Waals surface area contributed by atoms with Crippen LogP contribution in [-0.2, 0) is 11.1 Å². The zero-order chi connectivity index (χ0) is 14.3. The van der Waals surface area contributed by atoms with Gasteiger partial charge in [-0.2, -0.15) is 0 Å². The fourth-order valence-electron chi connectivity index (χ4n) is 2.20. The van der Waals surface area contributed by atoms with Gasteiger partial charge in [0.25, 0.3) is 0 Å². The SMILES string of the molecule is Cc1nc2ccc(F)cc2n1-c1ccc(S(=O)[O-])cc1. The third-order valence-electron chi connectivity index (χ3n) is 3.07. The number of fused-ring (bicyclic) bond motifs is 1. The van der Waals surface area contributed by atoms with Gasteiger partial charge in [-0.15, -0.1) is 0 Å². The molecule has 1 heterocycles. The molecule has 1 unspecified atom stereocenters. The fourth-order valence-corrected chi connectivity index (χ4v) is 2.56. The first-order valence-electron chi connectivity index (χ1n) is 5.90. The summed E-state index contributed by atoms with van der Waals surface area (Å²) in [4.78, 5) is 4.57. The van der Waals surface area contributed by atoms with Gasteiger partial charge in [-0.25, -0.2) is 9.37 Å². The van der Waals surface area contributed by atoms with Crippen LogP contribution in [0.25, 0.3) is 16.7 Å². The van der Waals surface area contributed by atoms with Crippen molar-refractivity contribution in [3.63, 3.8) is 0 Å². The Morgan fingerprint density at radius 3 is 2.55 bits per heavy atom. The number of aryl methyl sites for hydroxylation is 1. The Morgan fingerprint density at radius 1 is 1.20 bits per heavy atom. The molecule has 4 nitrogen and oxygen atoms in total. The molecule has 3 aromatic rings. The Kier molecular flexibility index (Phi) is 3.11. The van der Waals surface area contributed by atoms with Crippen molar-refractivity contribution < 1.29 is 13.2 Å². The Morgan fingerprint density at radius 2 is 1.90 bits per heavy atom. The van der Waals surface area contributed by atoms with Gasteiger partial charge in [0, 0.05) is 16.6 Å². The molecule has 102 valence electrons. The van der Waals surface area contributed by atoms with E-state index < -0.39 is 11.1 Å². The van der Waals surface area contributed by atoms with Crippen LogP contribution in [0.15, 0.2) is 47.4 Å². The minimum Gasteiger partial charge on any atom is -0.768 e. The number of aromatic nitrogens is 2. The molecule has 0 fully saturated rings. The molecule has 0 saturated carbocycles. The first-order chi connectivity index (χ1) is 9.56. The van der Waals surface area contributed by atoms with E-state index in [1.807, 2.05) is 6.92 Å². The minimum absolute atomic E-state index is 0.210. The lowest BCUT2D eigenvalue weighted by Crippen LogP contribution is -1.98. The van der Waals surface area contributed by atoms with Crippen LogP contribution in [0.1, 0.15) is 5.82 Å². The average Bonchev–Trinajstić information content (AvgIpc) is 2.74. The summed E-state index contributed by atoms with van der Waals surface area (Å²) in [6.45, 7) is 1.82. The Balaban J connectivity index is 2.20. The second-order valence-corrected chi connectivity index (χ2v) is 5.30. The summed E-state index contributed by atoms with van der Waals surface area (Å²) in [5.74, 6) is 0.373. The number of nitrogens with zero attached hydrogens (tertiary/aromatic N) is 2. The normalized spacial score (nSPS) is 12.8. The first-order valence-corrected chi connectivity index (χ1v) is 6.98. The largest absolute Gasteiger partial charge is 0.768 e. The standard InChI is InChI=1S/C14H11FN2O2S/c1-9-16-13-7-2-10(15)8-14(13)17(9)11-3-5-12(6-4-11)20(18)19/h2-8H,1H3,(H,18,19)/p-1. The molecule has 0 aliphatic heterocycles. The van der Waals surface area contributed by atoms with Gasteiger partial charge in [-0.3, -0.25) is 8.78 Å². The summed E-state index contributed by atoms with van der Waals surface area (Å²) in [6.07, 6.45) is 0. The molecule has 0 amide bonds. The van der Waals surface area contributed by atoms with Crippen molar-refractivity contribution in [3.05, 3.63) is 54.1 Å². The first kappa shape index (κ1) is 13.0. The molecule has 1 aromatic heterocycles. The van der Waals surface area contributed by atoms with Gasteiger partial charge in [0.1, 0.15) is 11.6 Å². The quantitative estimate of drug-likeness (QED) is 0.682. The Labute approximate surface area is 117 Å². The summed E-state index contributed by atoms with van der Waals surface area (Å²) in [5, 5.41) is 0. The zero-order valence-corrected chi connectivity index (χ0v) is 11.4. The lowest BCUT2D eigenvalue weighted by molar-refractivity contribution is 0.537. The van der Waals surface area contributed by atoms with Crippen LogP contribution in [0.4, 0.5) is 4.39 Å². The smallest absolute Gasteiger partial charge is 0.125 e. The van der Waals surface area contributed by atoms with E-state index in [0.29, 0.717) is 16.9 Å². The van der Waals surface area contributed by atoms with Crippen molar-refractivity contribution in [3.8, 4) is 5.69 Å². The molecule has 0 aliphatic carbocycles. The van der Waals surface area contributed by atoms with E-state index in [2.05, 4.69) is 4.98 Å². The number of hydrogen-bond donors (Lipinski definition) is 0. The minimum atomic E-state index is -2.26. The fraction of sp³-hybridized carbons (Fsp3) is 0.0714. The molecule has 2 aromatic carbocycles. The van der Waals surface area contributed by atoms with E-state index >= 15 is 0 Å². The molecule has 0 spiro atoms. The average molecular weight is 289 g/mol. The van der Waals surface area contributed by atoms with Gasteiger partial charge in [-0.1, -0.05) is 0 Å². The van der Waals surface area contributed by atoms with Crippen LogP contribution < -0.4 is 0 Å². The van der Waals surface area contributed by atoms with Crippen molar-refractivity contribution in [2.45, 2.75) is 11.8 Å². The summed E-state index contributed by atoms with van der Waals surface area (Å²) < 4.78 is 36.9. The summed E-state index contributed by atoms with van der Waals surface area (Å²) >= 11 is -2.26. The van der Waals surface area contributed by atoms with Crippen LogP contribution in [0.2, 0.25) is 0 Å². The van der Waals surface area contributed by atoms with Crippen molar-refractivity contribution in [2.24, 2.45) is 0 Å². The van der Waals surface area contributed by atoms with Gasteiger partial charge in [0.05, 0.1) is 11.0 Å². The maximum Gasteiger partial charge on any atom is 0.125 e. The third-order valence-corrected chi connectivity index (χ3v) is 3.73. The highest BCUT2D eigenvalue weighted by molar-refractivity contribution is 7.79. The van der Waals surface area contributed by atoms with E-state index in [9.17, 15) is 13.2 Å². The maximum atomic E-state index is 13.4. The van der Waals surface area contributed by atoms with Crippen LogP contribution >= 0.6 is 0 Å². The molecular formula is C14H10FN2O2S-. The Bertz CT molecular complexity index is 812. The summed E-state index contributed by atoms with van der Waals surface area (Å²) in [5.41, 5.74) is 2.09. The summed E-state index contributed by atoms with van der Waals surface area (Å²) in [7, 11) is 0. The van der Waals surface area contributed by atoms with Crippen LogP contribution in [-0.4, -0.2) is 18.3 Å². The van der Waals surface area contributed by atoms with Crippen molar-refractivity contribution in [1.82, 2.24) is 9.55 Å². The monoisotopic (exact) mass is 289 g/mol. The number of hydrogen-bond acceptors (Lipinski definition) is 3. The third kappa shape index (κ3) is 2.13. The van der Waals surface area contributed by atoms with E-state index in [4.69, 9.17) is 0 Å². The molecule has 0 N–H and O–H groups in total. The highest BCUT2D eigenvalue weighted by Gasteiger charge is 2.10. The predicted molar refractivity (Wildman–Crippen MR) is 73.0 cm³/mol. The number of benzene rings is 2. The Hall–Kier alpha value is -2.05. The highest BCUT2D eigenvalue weighted by Crippen LogP contribution is 2.22. The van der Waals surface area contributed by atoms with Gasteiger partial charge in [0.15, 0.2) is 0 Å². The molecule has 0 radical (unpaired) electrons. The molecule has 0 saturated heterocycles. The van der Waals surface area contributed by atoms with Crippen LogP contribution in [0.5, 0.6) is 0 Å². The highest BCUT2D eigenvalue weighted by atomic mass is 32.2. The van der Waals surface area contributed by atoms with Crippen molar-refractivity contribution >= 4 is 22.1 Å². The lowest BCUT2D eigenvalue weighted by atomic mass is 10.2. The van der Waals surface area contributed by atoms with Gasteiger partial charge in [0.2, 0.25) is 0 Å². The predicted octanol–water partition coefficient (Wildman–Crippen LogP) is 2.71. The van der Waals surface area contributed by atoms with Crippen molar-refractivity contribution in [1.29, 1.82) is 0 Å². The molecule has 0 bridgehead atoms. The molecule has 3 rings (SSSR count). The second kappa shape index (κ2) is 4.81. The molecule has 20 heavy (non-hydrogen) atoms. The molecular weight excluding hydrogens is 279 g/mol. The van der Waals surface area contributed by atoms with Crippen LogP contribution in [0, 0.1) is 12.7 Å².